The maximum absolute atomic E-state index is 4.67. The van der Waals surface area contributed by atoms with E-state index in [4.69, 9.17) is 0 Å². The average Bonchev–Trinajstić information content (AvgIpc) is 3.17. The molecule has 0 bridgehead atoms. The van der Waals surface area contributed by atoms with Crippen LogP contribution in [0.4, 0.5) is 0 Å². The van der Waals surface area contributed by atoms with Crippen LogP contribution in [0, 0.1) is 0 Å². The Morgan fingerprint density at radius 1 is 1.19 bits per heavy atom. The second kappa shape index (κ2) is 5.60. The molecule has 0 aliphatic carbocycles. The number of thiophene rings is 1. The van der Waals surface area contributed by atoms with Crippen LogP contribution >= 0.6 is 11.3 Å². The second-order valence-electron chi connectivity index (χ2n) is 5.44. The molecule has 0 radical (unpaired) electrons. The van der Waals surface area contributed by atoms with Crippen LogP contribution in [0.5, 0.6) is 0 Å². The van der Waals surface area contributed by atoms with Crippen LogP contribution in [-0.2, 0) is 6.54 Å². The van der Waals surface area contributed by atoms with E-state index in [-0.39, 0.29) is 0 Å². The summed E-state index contributed by atoms with van der Waals surface area (Å²) in [5.41, 5.74) is 3.53. The summed E-state index contributed by atoms with van der Waals surface area (Å²) < 4.78 is 0. The Bertz CT molecular complexity index is 726. The second-order valence-corrected chi connectivity index (χ2v) is 6.39. The lowest BCUT2D eigenvalue weighted by Gasteiger charge is -2.27. The Balaban J connectivity index is 1.60. The Hall–Kier alpha value is -1.69. The van der Waals surface area contributed by atoms with Crippen molar-refractivity contribution in [2.45, 2.75) is 6.54 Å². The lowest BCUT2D eigenvalue weighted by Crippen LogP contribution is -2.42. The fourth-order valence-electron chi connectivity index (χ4n) is 2.81. The smallest absolute Gasteiger partial charge is 0.148 e. The van der Waals surface area contributed by atoms with Gasteiger partial charge in [-0.1, -0.05) is 12.1 Å². The van der Waals surface area contributed by atoms with Crippen molar-refractivity contribution in [2.24, 2.45) is 0 Å². The summed E-state index contributed by atoms with van der Waals surface area (Å²) in [7, 11) is 0. The summed E-state index contributed by atoms with van der Waals surface area (Å²) in [6.07, 6.45) is 0. The predicted molar refractivity (Wildman–Crippen MR) is 87.6 cm³/mol. The van der Waals surface area contributed by atoms with Gasteiger partial charge in [-0.2, -0.15) is 0 Å². The van der Waals surface area contributed by atoms with E-state index in [9.17, 15) is 0 Å². The molecule has 2 N–H and O–H groups in total. The number of hydrogen-bond donors (Lipinski definition) is 2. The molecule has 1 aromatic carbocycles. The van der Waals surface area contributed by atoms with Gasteiger partial charge in [0, 0.05) is 32.7 Å². The van der Waals surface area contributed by atoms with Gasteiger partial charge in [0.2, 0.25) is 0 Å². The van der Waals surface area contributed by atoms with E-state index < -0.39 is 0 Å². The van der Waals surface area contributed by atoms with Crippen molar-refractivity contribution in [3.8, 4) is 10.7 Å². The lowest BCUT2D eigenvalue weighted by molar-refractivity contribution is 0.233. The predicted octanol–water partition coefficient (Wildman–Crippen LogP) is 2.70. The van der Waals surface area contributed by atoms with E-state index in [1.165, 1.54) is 10.4 Å². The molecule has 4 rings (SSSR count). The van der Waals surface area contributed by atoms with Gasteiger partial charge in [0.15, 0.2) is 0 Å². The zero-order chi connectivity index (χ0) is 14.1. The van der Waals surface area contributed by atoms with E-state index in [1.807, 2.05) is 0 Å². The normalized spacial score (nSPS) is 16.6. The maximum atomic E-state index is 4.67. The number of benzene rings is 1. The number of nitrogens with zero attached hydrogens (tertiary/aromatic N) is 2. The third-order valence-electron chi connectivity index (χ3n) is 3.92. The first-order valence-corrected chi connectivity index (χ1v) is 8.22. The zero-order valence-corrected chi connectivity index (χ0v) is 12.6. The minimum absolute atomic E-state index is 0.972. The molecule has 0 atom stereocenters. The lowest BCUT2D eigenvalue weighted by atomic mass is 10.2. The third-order valence-corrected chi connectivity index (χ3v) is 4.79. The molecule has 108 valence electrons. The SMILES string of the molecule is c1csc(-c2nc3ccc(CN4CCNCC4)cc3[nH]2)c1. The van der Waals surface area contributed by atoms with Crippen LogP contribution in [0.1, 0.15) is 5.56 Å². The molecule has 0 saturated carbocycles. The molecule has 0 amide bonds. The van der Waals surface area contributed by atoms with Crippen molar-refractivity contribution in [1.29, 1.82) is 0 Å². The summed E-state index contributed by atoms with van der Waals surface area (Å²) in [5, 5.41) is 5.47. The van der Waals surface area contributed by atoms with E-state index in [2.05, 4.69) is 55.9 Å². The number of fused-ring (bicyclic) bond motifs is 1. The quantitative estimate of drug-likeness (QED) is 0.781. The molecule has 1 aliphatic rings. The Labute approximate surface area is 127 Å². The first-order chi connectivity index (χ1) is 10.4. The number of rotatable bonds is 3. The van der Waals surface area contributed by atoms with E-state index in [1.54, 1.807) is 11.3 Å². The molecule has 5 heteroatoms. The van der Waals surface area contributed by atoms with Crippen molar-refractivity contribution in [3.63, 3.8) is 0 Å². The highest BCUT2D eigenvalue weighted by Crippen LogP contribution is 2.25. The molecule has 21 heavy (non-hydrogen) atoms. The van der Waals surface area contributed by atoms with Crippen molar-refractivity contribution >= 4 is 22.4 Å². The van der Waals surface area contributed by atoms with Gasteiger partial charge in [0.1, 0.15) is 5.82 Å². The largest absolute Gasteiger partial charge is 0.337 e. The molecule has 1 fully saturated rings. The van der Waals surface area contributed by atoms with Gasteiger partial charge >= 0.3 is 0 Å². The highest BCUT2D eigenvalue weighted by atomic mass is 32.1. The summed E-state index contributed by atoms with van der Waals surface area (Å²) in [6.45, 7) is 5.46. The van der Waals surface area contributed by atoms with Gasteiger partial charge in [-0.25, -0.2) is 4.98 Å². The van der Waals surface area contributed by atoms with Crippen molar-refractivity contribution in [1.82, 2.24) is 20.2 Å². The Kier molecular flexibility index (Phi) is 3.47. The molecular weight excluding hydrogens is 280 g/mol. The molecule has 4 nitrogen and oxygen atoms in total. The van der Waals surface area contributed by atoms with Crippen molar-refractivity contribution in [2.75, 3.05) is 26.2 Å². The number of aromatic amines is 1. The number of H-pyrrole nitrogens is 1. The molecule has 0 unspecified atom stereocenters. The molecule has 2 aromatic heterocycles. The monoisotopic (exact) mass is 298 g/mol. The van der Waals surface area contributed by atoms with Gasteiger partial charge in [0.25, 0.3) is 0 Å². The fourth-order valence-corrected chi connectivity index (χ4v) is 3.48. The first kappa shape index (κ1) is 13.0. The van der Waals surface area contributed by atoms with Gasteiger partial charge in [0.05, 0.1) is 15.9 Å². The maximum Gasteiger partial charge on any atom is 0.148 e. The molecular formula is C16H18N4S. The van der Waals surface area contributed by atoms with Crippen molar-refractivity contribution < 1.29 is 0 Å². The summed E-state index contributed by atoms with van der Waals surface area (Å²) in [6, 6.07) is 10.7. The Morgan fingerprint density at radius 3 is 2.90 bits per heavy atom. The van der Waals surface area contributed by atoms with E-state index in [0.29, 0.717) is 0 Å². The molecule has 3 heterocycles. The number of hydrogen-bond acceptors (Lipinski definition) is 4. The van der Waals surface area contributed by atoms with Gasteiger partial charge in [-0.3, -0.25) is 4.90 Å². The summed E-state index contributed by atoms with van der Waals surface area (Å²) in [5.74, 6) is 0.972. The summed E-state index contributed by atoms with van der Waals surface area (Å²) in [4.78, 5) is 11.8. The summed E-state index contributed by atoms with van der Waals surface area (Å²) >= 11 is 1.72. The molecule has 1 aliphatic heterocycles. The van der Waals surface area contributed by atoms with Gasteiger partial charge in [-0.15, -0.1) is 11.3 Å². The number of imidazole rings is 1. The molecule has 0 spiro atoms. The molecule has 3 aromatic rings. The van der Waals surface area contributed by atoms with Crippen LogP contribution in [0.25, 0.3) is 21.7 Å². The van der Waals surface area contributed by atoms with Crippen LogP contribution in [0.3, 0.4) is 0 Å². The number of piperazine rings is 1. The van der Waals surface area contributed by atoms with Gasteiger partial charge in [-0.05, 0) is 29.1 Å². The van der Waals surface area contributed by atoms with Crippen molar-refractivity contribution in [3.05, 3.63) is 41.3 Å². The minimum atomic E-state index is 0.972. The highest BCUT2D eigenvalue weighted by molar-refractivity contribution is 7.13. The van der Waals surface area contributed by atoms with E-state index in [0.717, 1.165) is 49.6 Å². The third kappa shape index (κ3) is 2.72. The van der Waals surface area contributed by atoms with Crippen LogP contribution in [-0.4, -0.2) is 41.0 Å². The van der Waals surface area contributed by atoms with Crippen LogP contribution in [0.15, 0.2) is 35.7 Å². The first-order valence-electron chi connectivity index (χ1n) is 7.34. The molecule has 1 saturated heterocycles. The standard InChI is InChI=1S/C16H18N4S/c1-2-15(21-9-1)16-18-13-4-3-12(10-14(13)19-16)11-20-7-5-17-6-8-20/h1-4,9-10,17H,5-8,11H2,(H,18,19). The highest BCUT2D eigenvalue weighted by Gasteiger charge is 2.11. The minimum Gasteiger partial charge on any atom is -0.337 e. The number of aromatic nitrogens is 2. The van der Waals surface area contributed by atoms with Crippen LogP contribution in [0.2, 0.25) is 0 Å². The van der Waals surface area contributed by atoms with E-state index >= 15 is 0 Å². The van der Waals surface area contributed by atoms with Gasteiger partial charge < -0.3 is 10.3 Å². The Morgan fingerprint density at radius 2 is 2.10 bits per heavy atom. The zero-order valence-electron chi connectivity index (χ0n) is 11.8. The topological polar surface area (TPSA) is 44.0 Å². The number of nitrogens with one attached hydrogen (secondary N) is 2. The average molecular weight is 298 g/mol. The van der Waals surface area contributed by atoms with Crippen LogP contribution < -0.4 is 5.32 Å². The fraction of sp³-hybridized carbons (Fsp3) is 0.312.